The number of carbonyl (C=O) groups is 7. The molecule has 0 saturated heterocycles. The minimum absolute atomic E-state index is 0.000980. The molecular weight excluding hydrogens is 797 g/mol. The zero-order chi connectivity index (χ0) is 43.1. The maximum absolute atomic E-state index is 14.5. The smallest absolute Gasteiger partial charge is 0.322 e. The fourth-order valence-electron chi connectivity index (χ4n) is 6.79. The molecule has 0 fully saturated rings. The first-order valence-electron chi connectivity index (χ1n) is 19.8. The van der Waals surface area contributed by atoms with Crippen molar-refractivity contribution >= 4 is 58.4 Å². The molecule has 2 aliphatic rings. The molecule has 15 heteroatoms. The summed E-state index contributed by atoms with van der Waals surface area (Å²) in [6, 6.07) is 31.5. The Kier molecular flexibility index (Phi) is 15.1. The van der Waals surface area contributed by atoms with Gasteiger partial charge in [-0.3, -0.25) is 33.6 Å². The summed E-state index contributed by atoms with van der Waals surface area (Å²) in [5.74, 6) is -5.16. The van der Waals surface area contributed by atoms with Crippen molar-refractivity contribution in [2.75, 3.05) is 11.9 Å². The largest absolute Gasteiger partial charge is 0.480 e. The number of rotatable bonds is 10. The number of amides is 6. The maximum Gasteiger partial charge on any atom is 0.322 e. The van der Waals surface area contributed by atoms with Gasteiger partial charge in [0.15, 0.2) is 0 Å². The van der Waals surface area contributed by atoms with E-state index >= 15 is 0 Å². The summed E-state index contributed by atoms with van der Waals surface area (Å²) in [4.78, 5) is 94.5. The minimum Gasteiger partial charge on any atom is -0.480 e. The highest BCUT2D eigenvalue weighted by Gasteiger charge is 2.33. The number of nitrogens with one attached hydrogen (secondary N) is 6. The van der Waals surface area contributed by atoms with Gasteiger partial charge in [0.25, 0.3) is 0 Å². The van der Waals surface area contributed by atoms with E-state index < -0.39 is 72.1 Å². The van der Waals surface area contributed by atoms with Crippen molar-refractivity contribution in [2.45, 2.75) is 62.7 Å². The molecule has 7 rings (SSSR count). The zero-order valence-electron chi connectivity index (χ0n) is 33.1. The van der Waals surface area contributed by atoms with Crippen molar-refractivity contribution in [3.63, 3.8) is 0 Å². The number of thiophene rings is 1. The lowest BCUT2D eigenvalue weighted by molar-refractivity contribution is -0.138. The molecule has 2 aliphatic heterocycles. The van der Waals surface area contributed by atoms with Gasteiger partial charge in [-0.1, -0.05) is 103 Å². The van der Waals surface area contributed by atoms with Gasteiger partial charge in [-0.25, -0.2) is 0 Å². The third kappa shape index (κ3) is 12.9. The minimum atomic E-state index is -1.28. The Bertz CT molecular complexity index is 2310. The van der Waals surface area contributed by atoms with Gasteiger partial charge in [0.1, 0.15) is 30.7 Å². The molecule has 61 heavy (non-hydrogen) atoms. The van der Waals surface area contributed by atoms with E-state index in [0.717, 1.165) is 16.7 Å². The fraction of sp³-hybridized carbons (Fsp3) is 0.239. The van der Waals surface area contributed by atoms with Gasteiger partial charge in [-0.05, 0) is 64.2 Å². The van der Waals surface area contributed by atoms with Crippen LogP contribution in [-0.2, 0) is 52.8 Å². The molecule has 1 unspecified atom stereocenters. The highest BCUT2D eigenvalue weighted by Crippen LogP contribution is 2.23. The number of hydrogen-bond acceptors (Lipinski definition) is 8. The van der Waals surface area contributed by atoms with Crippen molar-refractivity contribution in [2.24, 2.45) is 0 Å². The molecule has 4 aromatic carbocycles. The Morgan fingerprint density at radius 2 is 1.28 bits per heavy atom. The van der Waals surface area contributed by atoms with Gasteiger partial charge in [0.05, 0.1) is 0 Å². The standard InChI is InChI=1S/C46H46N6O8S/c53-39-23-24-40(54)52-42(38-12-7-25-61-38)46(60)51-37(27-30-13-18-33(19-14-30)32-10-5-2-6-11-32)45(59)49-35(22-17-29-8-3-1-4-9-29)44(58)50-36(43(57)47-28-41(55)56)26-31-15-20-34(48-39)21-16-31/h1-16,18-21,25,35-37,42H,17,22-24,26-28H2,(H,47,57)(H,48,53)(H,49,59)(H,50,58)(H,51,60)(H,52,54)(H,55,56)/t35-,36+,37+,42?/m1/s1. The summed E-state index contributed by atoms with van der Waals surface area (Å²) in [7, 11) is 0. The SMILES string of the molecule is O=C(O)CNC(=O)[C@@H]1Cc2ccc(cc2)NC(=O)CCC(=O)NC(c2cccs2)C(=O)N[C@@H](Cc2ccc(-c3ccccc3)cc2)C(=O)N[C@H](CCc2ccccc2)C(=O)N1. The van der Waals surface area contributed by atoms with E-state index in [-0.39, 0.29) is 32.1 Å². The zero-order valence-corrected chi connectivity index (χ0v) is 33.9. The van der Waals surface area contributed by atoms with Crippen molar-refractivity contribution < 1.29 is 38.7 Å². The van der Waals surface area contributed by atoms with Gasteiger partial charge in [-0.2, -0.15) is 0 Å². The van der Waals surface area contributed by atoms with E-state index in [9.17, 15) is 38.7 Å². The second-order valence-electron chi connectivity index (χ2n) is 14.6. The quantitative estimate of drug-likeness (QED) is 0.102. The van der Waals surface area contributed by atoms with Crippen LogP contribution < -0.4 is 31.9 Å². The maximum atomic E-state index is 14.5. The first-order chi connectivity index (χ1) is 29.5. The summed E-state index contributed by atoms with van der Waals surface area (Å²) in [6.07, 6.45) is -0.0421. The summed E-state index contributed by atoms with van der Waals surface area (Å²) in [5.41, 5.74) is 4.49. The van der Waals surface area contributed by atoms with Crippen molar-refractivity contribution in [3.8, 4) is 11.1 Å². The van der Waals surface area contributed by atoms with E-state index in [2.05, 4.69) is 31.9 Å². The Balaban J connectivity index is 1.35. The third-order valence-electron chi connectivity index (χ3n) is 10.0. The molecule has 314 valence electrons. The van der Waals surface area contributed by atoms with Gasteiger partial charge in [0, 0.05) is 36.2 Å². The second-order valence-corrected chi connectivity index (χ2v) is 15.5. The second kappa shape index (κ2) is 21.2. The van der Waals surface area contributed by atoms with Crippen LogP contribution in [0.1, 0.15) is 46.9 Å². The van der Waals surface area contributed by atoms with Crippen LogP contribution in [0, 0.1) is 0 Å². The average Bonchev–Trinajstić information content (AvgIpc) is 3.81. The lowest BCUT2D eigenvalue weighted by Gasteiger charge is -2.27. The topological polar surface area (TPSA) is 212 Å². The first-order valence-corrected chi connectivity index (χ1v) is 20.7. The molecule has 6 amide bonds. The van der Waals surface area contributed by atoms with E-state index in [1.807, 2.05) is 84.9 Å². The number of aryl methyl sites for hydroxylation is 1. The number of fused-ring (bicyclic) bond motifs is 18. The summed E-state index contributed by atoms with van der Waals surface area (Å²) >= 11 is 1.23. The van der Waals surface area contributed by atoms with Crippen LogP contribution in [0.15, 0.2) is 127 Å². The molecule has 14 nitrogen and oxygen atoms in total. The van der Waals surface area contributed by atoms with Gasteiger partial charge < -0.3 is 37.0 Å². The van der Waals surface area contributed by atoms with E-state index in [1.54, 1.807) is 41.8 Å². The Morgan fingerprint density at radius 1 is 0.639 bits per heavy atom. The predicted octanol–water partition coefficient (Wildman–Crippen LogP) is 4.08. The molecular formula is C46H46N6O8S. The van der Waals surface area contributed by atoms with Crippen LogP contribution in [0.5, 0.6) is 0 Å². The van der Waals surface area contributed by atoms with Crippen molar-refractivity contribution in [3.05, 3.63) is 148 Å². The fourth-order valence-corrected chi connectivity index (χ4v) is 7.57. The van der Waals surface area contributed by atoms with Crippen LogP contribution in [-0.4, -0.2) is 71.2 Å². The number of aliphatic carboxylic acids is 1. The molecule has 1 aromatic heterocycles. The van der Waals surface area contributed by atoms with Gasteiger partial charge >= 0.3 is 5.97 Å². The van der Waals surface area contributed by atoms with Crippen LogP contribution in [0.4, 0.5) is 5.69 Å². The third-order valence-corrected chi connectivity index (χ3v) is 11.0. The number of carboxylic acid groups (broad SMARTS) is 1. The Hall–Kier alpha value is -7.13. The molecule has 3 heterocycles. The molecule has 5 aromatic rings. The number of carbonyl (C=O) groups excluding carboxylic acids is 6. The highest BCUT2D eigenvalue weighted by molar-refractivity contribution is 7.10. The molecule has 2 bridgehead atoms. The molecule has 0 spiro atoms. The molecule has 0 saturated carbocycles. The summed E-state index contributed by atoms with van der Waals surface area (Å²) in [5, 5.41) is 27.2. The monoisotopic (exact) mass is 842 g/mol. The number of hydrogen-bond donors (Lipinski definition) is 7. The van der Waals surface area contributed by atoms with Crippen LogP contribution in [0.2, 0.25) is 0 Å². The summed E-state index contributed by atoms with van der Waals surface area (Å²) in [6.45, 7) is -0.693. The van der Waals surface area contributed by atoms with Crippen molar-refractivity contribution in [1.82, 2.24) is 26.6 Å². The molecule has 0 radical (unpaired) electrons. The molecule has 7 N–H and O–H groups in total. The first kappa shape index (κ1) is 43.4. The van der Waals surface area contributed by atoms with E-state index in [0.29, 0.717) is 28.1 Å². The predicted molar refractivity (Wildman–Crippen MR) is 230 cm³/mol. The van der Waals surface area contributed by atoms with E-state index in [1.165, 1.54) is 11.3 Å². The summed E-state index contributed by atoms with van der Waals surface area (Å²) < 4.78 is 0. The van der Waals surface area contributed by atoms with Crippen LogP contribution in [0.25, 0.3) is 11.1 Å². The van der Waals surface area contributed by atoms with Crippen molar-refractivity contribution in [1.29, 1.82) is 0 Å². The average molecular weight is 843 g/mol. The molecule has 0 aliphatic carbocycles. The Labute approximate surface area is 356 Å². The van der Waals surface area contributed by atoms with Gasteiger partial charge in [-0.15, -0.1) is 11.3 Å². The van der Waals surface area contributed by atoms with Crippen LogP contribution in [0.3, 0.4) is 0 Å². The number of anilines is 1. The van der Waals surface area contributed by atoms with Gasteiger partial charge in [0.2, 0.25) is 35.4 Å². The highest BCUT2D eigenvalue weighted by atomic mass is 32.1. The normalized spacial score (nSPS) is 19.2. The number of carboxylic acids is 1. The molecule has 4 atom stereocenters. The van der Waals surface area contributed by atoms with E-state index in [4.69, 9.17) is 0 Å². The lowest BCUT2D eigenvalue weighted by atomic mass is 9.99. The van der Waals surface area contributed by atoms with Crippen LogP contribution >= 0.6 is 11.3 Å². The Morgan fingerprint density at radius 3 is 1.95 bits per heavy atom. The lowest BCUT2D eigenvalue weighted by Crippen LogP contribution is -2.58. The number of benzene rings is 4.